The monoisotopic (exact) mass is 280 g/mol. The van der Waals surface area contributed by atoms with Crippen LogP contribution in [-0.2, 0) is 0 Å². The van der Waals surface area contributed by atoms with Crippen LogP contribution in [0.1, 0.15) is 65.2 Å². The molecule has 2 saturated carbocycles. The smallest absolute Gasteiger partial charge is 0.314 e. The second-order valence-electron chi connectivity index (χ2n) is 7.36. The van der Waals surface area contributed by atoms with Crippen molar-refractivity contribution in [1.29, 1.82) is 0 Å². The zero-order valence-electron chi connectivity index (χ0n) is 13.3. The molecule has 2 aliphatic carbocycles. The van der Waals surface area contributed by atoms with Crippen molar-refractivity contribution in [1.82, 2.24) is 10.6 Å². The van der Waals surface area contributed by atoms with Crippen molar-refractivity contribution in [3.05, 3.63) is 0 Å². The Labute approximate surface area is 124 Å². The van der Waals surface area contributed by atoms with E-state index in [1.807, 2.05) is 0 Å². The fraction of sp³-hybridized carbons (Fsp3) is 0.941. The number of hydrogen-bond acceptors (Lipinski definition) is 1. The first-order valence-corrected chi connectivity index (χ1v) is 8.65. The third kappa shape index (κ3) is 5.34. The standard InChI is InChI=1S/C17H32N2O/c1-13-9-14(2)11-16(10-13)12-19-17(20)18-8-7-15-5-3-4-6-15/h13-16H,3-12H2,1-2H3,(H2,18,19,20). The maximum absolute atomic E-state index is 11.8. The van der Waals surface area contributed by atoms with E-state index in [-0.39, 0.29) is 6.03 Å². The van der Waals surface area contributed by atoms with Gasteiger partial charge >= 0.3 is 6.03 Å². The molecular formula is C17H32N2O. The second kappa shape index (κ2) is 7.90. The molecule has 0 aromatic heterocycles. The van der Waals surface area contributed by atoms with Gasteiger partial charge in [0.1, 0.15) is 0 Å². The highest BCUT2D eigenvalue weighted by Crippen LogP contribution is 2.32. The normalized spacial score (nSPS) is 31.2. The van der Waals surface area contributed by atoms with Gasteiger partial charge in [0, 0.05) is 13.1 Å². The Balaban J connectivity index is 1.55. The van der Waals surface area contributed by atoms with Crippen molar-refractivity contribution in [3.8, 4) is 0 Å². The molecule has 0 heterocycles. The van der Waals surface area contributed by atoms with Crippen LogP contribution in [0, 0.1) is 23.7 Å². The zero-order chi connectivity index (χ0) is 14.4. The average molecular weight is 280 g/mol. The molecule has 0 radical (unpaired) electrons. The van der Waals surface area contributed by atoms with Gasteiger partial charge in [-0.2, -0.15) is 0 Å². The van der Waals surface area contributed by atoms with Crippen molar-refractivity contribution in [3.63, 3.8) is 0 Å². The van der Waals surface area contributed by atoms with Gasteiger partial charge in [-0.15, -0.1) is 0 Å². The molecule has 2 aliphatic rings. The molecule has 2 N–H and O–H groups in total. The quantitative estimate of drug-likeness (QED) is 0.787. The van der Waals surface area contributed by atoms with Gasteiger partial charge in [-0.05, 0) is 49.4 Å². The third-order valence-electron chi connectivity index (χ3n) is 5.14. The lowest BCUT2D eigenvalue weighted by Gasteiger charge is -2.31. The molecule has 2 fully saturated rings. The molecular weight excluding hydrogens is 248 g/mol. The fourth-order valence-corrected chi connectivity index (χ4v) is 4.27. The van der Waals surface area contributed by atoms with Crippen molar-refractivity contribution in [2.45, 2.75) is 65.2 Å². The minimum atomic E-state index is 0.0360. The van der Waals surface area contributed by atoms with Crippen molar-refractivity contribution in [2.24, 2.45) is 23.7 Å². The summed E-state index contributed by atoms with van der Waals surface area (Å²) in [6.45, 7) is 6.37. The molecule has 20 heavy (non-hydrogen) atoms. The van der Waals surface area contributed by atoms with Crippen LogP contribution < -0.4 is 10.6 Å². The van der Waals surface area contributed by atoms with E-state index in [0.717, 1.165) is 37.3 Å². The number of carbonyl (C=O) groups excluding carboxylic acids is 1. The Kier molecular flexibility index (Phi) is 6.18. The predicted molar refractivity (Wildman–Crippen MR) is 83.6 cm³/mol. The van der Waals surface area contributed by atoms with Crippen molar-refractivity contribution >= 4 is 6.03 Å². The highest BCUT2D eigenvalue weighted by molar-refractivity contribution is 5.73. The maximum Gasteiger partial charge on any atom is 0.314 e. The molecule has 0 aromatic rings. The Morgan fingerprint density at radius 3 is 2.25 bits per heavy atom. The Bertz CT molecular complexity index is 289. The molecule has 3 heteroatoms. The zero-order valence-corrected chi connectivity index (χ0v) is 13.3. The molecule has 0 bridgehead atoms. The molecule has 2 atom stereocenters. The number of carbonyl (C=O) groups is 1. The van der Waals surface area contributed by atoms with Gasteiger partial charge in [0.15, 0.2) is 0 Å². The number of rotatable bonds is 5. The lowest BCUT2D eigenvalue weighted by molar-refractivity contribution is 0.207. The van der Waals surface area contributed by atoms with Gasteiger partial charge in [0.25, 0.3) is 0 Å². The summed E-state index contributed by atoms with van der Waals surface area (Å²) in [5.41, 5.74) is 0. The van der Waals surface area contributed by atoms with E-state index in [4.69, 9.17) is 0 Å². The lowest BCUT2D eigenvalue weighted by atomic mass is 9.77. The topological polar surface area (TPSA) is 41.1 Å². The first-order valence-electron chi connectivity index (χ1n) is 8.65. The van der Waals surface area contributed by atoms with Gasteiger partial charge in [-0.1, -0.05) is 39.5 Å². The van der Waals surface area contributed by atoms with Crippen LogP contribution in [0.5, 0.6) is 0 Å². The van der Waals surface area contributed by atoms with Crippen molar-refractivity contribution in [2.75, 3.05) is 13.1 Å². The molecule has 2 rings (SSSR count). The summed E-state index contributed by atoms with van der Waals surface area (Å²) < 4.78 is 0. The summed E-state index contributed by atoms with van der Waals surface area (Å²) in [4.78, 5) is 11.8. The SMILES string of the molecule is CC1CC(C)CC(CNC(=O)NCCC2CCCC2)C1. The highest BCUT2D eigenvalue weighted by Gasteiger charge is 2.24. The summed E-state index contributed by atoms with van der Waals surface area (Å²) in [5.74, 6) is 3.16. The van der Waals surface area contributed by atoms with Crippen LogP contribution in [0.4, 0.5) is 4.79 Å². The first-order chi connectivity index (χ1) is 9.63. The number of nitrogens with one attached hydrogen (secondary N) is 2. The van der Waals surface area contributed by atoms with Crippen LogP contribution in [0.15, 0.2) is 0 Å². The Morgan fingerprint density at radius 1 is 0.950 bits per heavy atom. The number of urea groups is 1. The third-order valence-corrected chi connectivity index (χ3v) is 5.14. The molecule has 0 spiro atoms. The fourth-order valence-electron chi connectivity index (χ4n) is 4.27. The molecule has 3 nitrogen and oxygen atoms in total. The van der Waals surface area contributed by atoms with Crippen molar-refractivity contribution < 1.29 is 4.79 Å². The summed E-state index contributed by atoms with van der Waals surface area (Å²) in [6, 6.07) is 0.0360. The molecule has 0 saturated heterocycles. The van der Waals surface area contributed by atoms with E-state index in [0.29, 0.717) is 5.92 Å². The largest absolute Gasteiger partial charge is 0.338 e. The summed E-state index contributed by atoms with van der Waals surface area (Å²) in [7, 11) is 0. The van der Waals surface area contributed by atoms with Crippen LogP contribution in [0.3, 0.4) is 0 Å². The maximum atomic E-state index is 11.8. The van der Waals surface area contributed by atoms with Gasteiger partial charge in [-0.25, -0.2) is 4.79 Å². The van der Waals surface area contributed by atoms with Gasteiger partial charge in [-0.3, -0.25) is 0 Å². The van der Waals surface area contributed by atoms with E-state index in [1.165, 1.54) is 44.9 Å². The van der Waals surface area contributed by atoms with Gasteiger partial charge < -0.3 is 10.6 Å². The summed E-state index contributed by atoms with van der Waals surface area (Å²) in [5, 5.41) is 6.09. The summed E-state index contributed by atoms with van der Waals surface area (Å²) in [6.07, 6.45) is 10.5. The molecule has 116 valence electrons. The highest BCUT2D eigenvalue weighted by atomic mass is 16.2. The summed E-state index contributed by atoms with van der Waals surface area (Å²) >= 11 is 0. The van der Waals surface area contributed by atoms with E-state index < -0.39 is 0 Å². The van der Waals surface area contributed by atoms with E-state index in [2.05, 4.69) is 24.5 Å². The minimum Gasteiger partial charge on any atom is -0.338 e. The average Bonchev–Trinajstić information content (AvgIpc) is 2.88. The van der Waals surface area contributed by atoms with Crippen LogP contribution >= 0.6 is 0 Å². The number of amides is 2. The minimum absolute atomic E-state index is 0.0360. The molecule has 0 aromatic carbocycles. The molecule has 0 aliphatic heterocycles. The first kappa shape index (κ1) is 15.7. The Morgan fingerprint density at radius 2 is 1.60 bits per heavy atom. The van der Waals surface area contributed by atoms with E-state index in [9.17, 15) is 4.79 Å². The second-order valence-corrected chi connectivity index (χ2v) is 7.36. The number of hydrogen-bond donors (Lipinski definition) is 2. The predicted octanol–water partition coefficient (Wildman–Crippen LogP) is 3.94. The van der Waals surface area contributed by atoms with E-state index in [1.54, 1.807) is 0 Å². The van der Waals surface area contributed by atoms with Crippen LogP contribution in [0.2, 0.25) is 0 Å². The van der Waals surface area contributed by atoms with Gasteiger partial charge in [0.2, 0.25) is 0 Å². The molecule has 2 unspecified atom stereocenters. The van der Waals surface area contributed by atoms with Crippen LogP contribution in [0.25, 0.3) is 0 Å². The Hall–Kier alpha value is -0.730. The lowest BCUT2D eigenvalue weighted by Crippen LogP contribution is -2.40. The molecule has 2 amide bonds. The van der Waals surface area contributed by atoms with Crippen LogP contribution in [-0.4, -0.2) is 19.1 Å². The van der Waals surface area contributed by atoms with E-state index >= 15 is 0 Å². The van der Waals surface area contributed by atoms with Gasteiger partial charge in [0.05, 0.1) is 0 Å².